The van der Waals surface area contributed by atoms with Gasteiger partial charge >= 0.3 is 12.1 Å². The number of hydrogen-bond donors (Lipinski definition) is 1. The van der Waals surface area contributed by atoms with Gasteiger partial charge in [0.25, 0.3) is 0 Å². The summed E-state index contributed by atoms with van der Waals surface area (Å²) in [5.74, 6) is -0.482. The molecule has 5 nitrogen and oxygen atoms in total. The van der Waals surface area contributed by atoms with E-state index in [4.69, 9.17) is 21.1 Å². The first-order chi connectivity index (χ1) is 12.2. The zero-order chi connectivity index (χ0) is 19.2. The number of ether oxygens (including phenoxy) is 2. The van der Waals surface area contributed by atoms with E-state index in [1.807, 2.05) is 30.3 Å². The van der Waals surface area contributed by atoms with Crippen LogP contribution in [0.5, 0.6) is 0 Å². The summed E-state index contributed by atoms with van der Waals surface area (Å²) in [5.41, 5.74) is 1.35. The van der Waals surface area contributed by atoms with Crippen molar-refractivity contribution in [3.63, 3.8) is 0 Å². The Labute approximate surface area is 158 Å². The summed E-state index contributed by atoms with van der Waals surface area (Å²) in [5, 5.41) is 2.92. The molecule has 0 bridgehead atoms. The molecule has 0 unspecified atom stereocenters. The highest BCUT2D eigenvalue weighted by Gasteiger charge is 2.20. The Kier molecular flexibility index (Phi) is 6.64. The summed E-state index contributed by atoms with van der Waals surface area (Å²) in [7, 11) is 0. The molecular formula is C20H22ClNO4. The van der Waals surface area contributed by atoms with Crippen LogP contribution in [0.1, 0.15) is 42.3 Å². The number of halogens is 1. The van der Waals surface area contributed by atoms with Crippen LogP contribution in [0.25, 0.3) is 0 Å². The first-order valence-electron chi connectivity index (χ1n) is 8.21. The highest BCUT2D eigenvalue weighted by Crippen LogP contribution is 2.21. The van der Waals surface area contributed by atoms with Crippen LogP contribution in [0, 0.1) is 0 Å². The van der Waals surface area contributed by atoms with Crippen molar-refractivity contribution < 1.29 is 19.1 Å². The lowest BCUT2D eigenvalue weighted by atomic mass is 10.1. The Morgan fingerprint density at radius 3 is 2.35 bits per heavy atom. The fraction of sp³-hybridized carbons (Fsp3) is 0.300. The van der Waals surface area contributed by atoms with E-state index in [0.29, 0.717) is 0 Å². The molecule has 2 aromatic rings. The van der Waals surface area contributed by atoms with Crippen molar-refractivity contribution in [2.45, 2.75) is 39.5 Å². The first kappa shape index (κ1) is 19.8. The van der Waals surface area contributed by atoms with E-state index in [1.54, 1.807) is 39.0 Å². The molecule has 0 heterocycles. The van der Waals surface area contributed by atoms with Gasteiger partial charge in [-0.25, -0.2) is 9.59 Å². The zero-order valence-electron chi connectivity index (χ0n) is 15.0. The number of hydrogen-bond acceptors (Lipinski definition) is 4. The van der Waals surface area contributed by atoms with Crippen LogP contribution < -0.4 is 5.32 Å². The zero-order valence-corrected chi connectivity index (χ0v) is 15.8. The number of benzene rings is 2. The van der Waals surface area contributed by atoms with Crippen molar-refractivity contribution in [2.24, 2.45) is 0 Å². The summed E-state index contributed by atoms with van der Waals surface area (Å²) in [4.78, 5) is 23.8. The van der Waals surface area contributed by atoms with E-state index in [-0.39, 0.29) is 23.7 Å². The predicted octanol–water partition coefficient (Wildman–Crippen LogP) is 4.72. The molecule has 138 valence electrons. The van der Waals surface area contributed by atoms with Crippen molar-refractivity contribution in [2.75, 3.05) is 0 Å². The SMILES string of the molecule is CC(C)(C)OC(=O)c1ccc(CNC(=O)OCc2ccccc2)cc1Cl. The van der Waals surface area contributed by atoms with Gasteiger partial charge in [0, 0.05) is 6.54 Å². The maximum absolute atomic E-state index is 12.1. The Bertz CT molecular complexity index is 769. The average molecular weight is 376 g/mol. The van der Waals surface area contributed by atoms with Crippen molar-refractivity contribution in [3.8, 4) is 0 Å². The fourth-order valence-electron chi connectivity index (χ4n) is 2.12. The maximum Gasteiger partial charge on any atom is 0.407 e. The third kappa shape index (κ3) is 6.41. The van der Waals surface area contributed by atoms with Crippen LogP contribution in [-0.2, 0) is 22.6 Å². The second kappa shape index (κ2) is 8.72. The summed E-state index contributed by atoms with van der Waals surface area (Å²) in [6.45, 7) is 5.81. The Morgan fingerprint density at radius 2 is 1.73 bits per heavy atom. The van der Waals surface area contributed by atoms with Gasteiger partial charge in [-0.15, -0.1) is 0 Å². The first-order valence-corrected chi connectivity index (χ1v) is 8.59. The Morgan fingerprint density at radius 1 is 1.04 bits per heavy atom. The Hall–Kier alpha value is -2.53. The molecule has 0 aliphatic heterocycles. The van der Waals surface area contributed by atoms with Gasteiger partial charge in [0.15, 0.2) is 0 Å². The van der Waals surface area contributed by atoms with Crippen LogP contribution in [0.2, 0.25) is 5.02 Å². The normalized spacial score (nSPS) is 10.9. The summed E-state index contributed by atoms with van der Waals surface area (Å²) >= 11 is 6.16. The highest BCUT2D eigenvalue weighted by molar-refractivity contribution is 6.33. The molecule has 0 saturated heterocycles. The molecule has 1 N–H and O–H groups in total. The molecule has 0 fully saturated rings. The van der Waals surface area contributed by atoms with Crippen LogP contribution >= 0.6 is 11.6 Å². The molecule has 2 rings (SSSR count). The second-order valence-corrected chi connectivity index (χ2v) is 7.14. The van der Waals surface area contributed by atoms with E-state index in [9.17, 15) is 9.59 Å². The number of esters is 1. The minimum Gasteiger partial charge on any atom is -0.456 e. The number of carbonyl (C=O) groups is 2. The van der Waals surface area contributed by atoms with Crippen molar-refractivity contribution in [1.29, 1.82) is 0 Å². The van der Waals surface area contributed by atoms with Crippen molar-refractivity contribution in [1.82, 2.24) is 5.32 Å². The molecule has 0 spiro atoms. The average Bonchev–Trinajstić information content (AvgIpc) is 2.57. The summed E-state index contributed by atoms with van der Waals surface area (Å²) < 4.78 is 10.4. The van der Waals surface area contributed by atoms with Crippen LogP contribution in [0.3, 0.4) is 0 Å². The molecule has 0 aliphatic carbocycles. The van der Waals surface area contributed by atoms with Gasteiger partial charge in [-0.2, -0.15) is 0 Å². The monoisotopic (exact) mass is 375 g/mol. The van der Waals surface area contributed by atoms with E-state index < -0.39 is 17.7 Å². The molecule has 0 radical (unpaired) electrons. The van der Waals surface area contributed by atoms with E-state index >= 15 is 0 Å². The van der Waals surface area contributed by atoms with E-state index in [0.717, 1.165) is 11.1 Å². The van der Waals surface area contributed by atoms with E-state index in [2.05, 4.69) is 5.32 Å². The van der Waals surface area contributed by atoms with E-state index in [1.165, 1.54) is 0 Å². The lowest BCUT2D eigenvalue weighted by Crippen LogP contribution is -2.24. The second-order valence-electron chi connectivity index (χ2n) is 6.73. The van der Waals surface area contributed by atoms with Gasteiger partial charge in [-0.1, -0.05) is 48.0 Å². The molecule has 6 heteroatoms. The van der Waals surface area contributed by atoms with Gasteiger partial charge in [-0.05, 0) is 44.0 Å². The Balaban J connectivity index is 1.87. The lowest BCUT2D eigenvalue weighted by molar-refractivity contribution is 0.00696. The van der Waals surface area contributed by atoms with Gasteiger partial charge in [0.1, 0.15) is 12.2 Å². The van der Waals surface area contributed by atoms with Crippen molar-refractivity contribution in [3.05, 3.63) is 70.2 Å². The quantitative estimate of drug-likeness (QED) is 0.768. The number of carbonyl (C=O) groups excluding carboxylic acids is 2. The molecule has 0 atom stereocenters. The number of nitrogens with one attached hydrogen (secondary N) is 1. The lowest BCUT2D eigenvalue weighted by Gasteiger charge is -2.20. The molecule has 2 aromatic carbocycles. The number of amides is 1. The van der Waals surface area contributed by atoms with Crippen molar-refractivity contribution >= 4 is 23.7 Å². The van der Waals surface area contributed by atoms with Gasteiger partial charge < -0.3 is 14.8 Å². The van der Waals surface area contributed by atoms with Crippen LogP contribution in [0.4, 0.5) is 4.79 Å². The highest BCUT2D eigenvalue weighted by atomic mass is 35.5. The van der Waals surface area contributed by atoms with Gasteiger partial charge in [0.05, 0.1) is 10.6 Å². The third-order valence-corrected chi connectivity index (χ3v) is 3.61. The van der Waals surface area contributed by atoms with Crippen LogP contribution in [0.15, 0.2) is 48.5 Å². The fourth-order valence-corrected chi connectivity index (χ4v) is 2.40. The molecule has 0 aromatic heterocycles. The molecular weight excluding hydrogens is 354 g/mol. The smallest absolute Gasteiger partial charge is 0.407 e. The largest absolute Gasteiger partial charge is 0.456 e. The number of rotatable bonds is 5. The molecule has 0 aliphatic rings. The minimum atomic E-state index is -0.594. The minimum absolute atomic E-state index is 0.199. The topological polar surface area (TPSA) is 64.6 Å². The summed E-state index contributed by atoms with van der Waals surface area (Å²) in [6, 6.07) is 14.3. The standard InChI is InChI=1S/C20H22ClNO4/c1-20(2,3)26-18(23)16-10-9-15(11-17(16)21)12-22-19(24)25-13-14-7-5-4-6-8-14/h4-11H,12-13H2,1-3H3,(H,22,24). The maximum atomic E-state index is 12.1. The molecule has 0 saturated carbocycles. The number of alkyl carbamates (subject to hydrolysis) is 1. The van der Waals surface area contributed by atoms with Gasteiger partial charge in [-0.3, -0.25) is 0 Å². The molecule has 1 amide bonds. The third-order valence-electron chi connectivity index (χ3n) is 3.30. The summed E-state index contributed by atoms with van der Waals surface area (Å²) in [6.07, 6.45) is -0.527. The van der Waals surface area contributed by atoms with Gasteiger partial charge in [0.2, 0.25) is 0 Å². The predicted molar refractivity (Wildman–Crippen MR) is 100 cm³/mol. The molecule has 26 heavy (non-hydrogen) atoms. The van der Waals surface area contributed by atoms with Crippen LogP contribution in [-0.4, -0.2) is 17.7 Å².